The zero-order valence-electron chi connectivity index (χ0n) is 31.4. The number of nitrogens with one attached hydrogen (secondary N) is 2. The molecule has 0 saturated carbocycles. The molecule has 0 aliphatic carbocycles. The highest BCUT2D eigenvalue weighted by atomic mass is 16.5. The molecule has 8 bridgehead atoms. The summed E-state index contributed by atoms with van der Waals surface area (Å²) in [5, 5.41) is 0. The topological polar surface area (TPSA) is 83.7 Å². The Kier molecular flexibility index (Phi) is 10.3. The highest BCUT2D eigenvalue weighted by molar-refractivity contribution is 6.06. The van der Waals surface area contributed by atoms with Crippen LogP contribution in [0, 0.1) is 0 Å². The van der Waals surface area contributed by atoms with Crippen LogP contribution in [0.3, 0.4) is 0 Å². The number of hydrogen-bond acceptors (Lipinski definition) is 4. The van der Waals surface area contributed by atoms with Crippen LogP contribution in [0.15, 0.2) is 42.5 Å². The van der Waals surface area contributed by atoms with E-state index in [0.29, 0.717) is 5.56 Å². The van der Waals surface area contributed by atoms with E-state index >= 15 is 0 Å². The first-order valence-electron chi connectivity index (χ1n) is 18.8. The summed E-state index contributed by atoms with van der Waals surface area (Å²) >= 11 is 0. The zero-order chi connectivity index (χ0) is 35.7. The summed E-state index contributed by atoms with van der Waals surface area (Å²) in [5.41, 5.74) is 20.8. The van der Waals surface area contributed by atoms with Crippen molar-refractivity contribution in [2.24, 2.45) is 0 Å². The number of aromatic nitrogens is 4. The van der Waals surface area contributed by atoms with Crippen molar-refractivity contribution in [1.82, 2.24) is 19.9 Å². The molecule has 0 unspecified atom stereocenters. The van der Waals surface area contributed by atoms with Crippen LogP contribution < -0.4 is 0 Å². The molecule has 0 fully saturated rings. The lowest BCUT2D eigenvalue weighted by Gasteiger charge is -2.13. The van der Waals surface area contributed by atoms with Crippen LogP contribution in [0.4, 0.5) is 0 Å². The van der Waals surface area contributed by atoms with Crippen molar-refractivity contribution >= 4 is 50.3 Å². The van der Waals surface area contributed by atoms with Crippen molar-refractivity contribution in [2.45, 2.75) is 107 Å². The van der Waals surface area contributed by atoms with E-state index in [1.807, 2.05) is 24.3 Å². The van der Waals surface area contributed by atoms with Gasteiger partial charge in [0.05, 0.1) is 41.0 Å². The molecule has 6 heteroatoms. The van der Waals surface area contributed by atoms with Crippen molar-refractivity contribution in [3.05, 3.63) is 93.1 Å². The van der Waals surface area contributed by atoms with Crippen molar-refractivity contribution in [3.8, 4) is 11.1 Å². The number of esters is 1. The minimum absolute atomic E-state index is 0.359. The molecule has 0 amide bonds. The molecule has 50 heavy (non-hydrogen) atoms. The molecule has 0 saturated heterocycles. The number of nitrogens with zero attached hydrogens (tertiary/aromatic N) is 2. The number of H-pyrrole nitrogens is 2. The molecule has 260 valence electrons. The number of fused-ring (bicyclic) bond motifs is 8. The van der Waals surface area contributed by atoms with Gasteiger partial charge >= 0.3 is 5.97 Å². The molecule has 2 aliphatic rings. The second-order valence-electron chi connectivity index (χ2n) is 13.1. The fourth-order valence-corrected chi connectivity index (χ4v) is 8.44. The van der Waals surface area contributed by atoms with Crippen molar-refractivity contribution in [3.63, 3.8) is 0 Å². The van der Waals surface area contributed by atoms with Crippen LogP contribution in [0.2, 0.25) is 0 Å². The monoisotopic (exact) mass is 668 g/mol. The van der Waals surface area contributed by atoms with Gasteiger partial charge in [-0.3, -0.25) is 0 Å². The average molecular weight is 669 g/mol. The van der Waals surface area contributed by atoms with Crippen molar-refractivity contribution < 1.29 is 9.53 Å². The molecule has 2 aliphatic heterocycles. The molecule has 6 nitrogen and oxygen atoms in total. The molecule has 6 rings (SSSR count). The predicted octanol–water partition coefficient (Wildman–Crippen LogP) is 11.5. The standard InChI is InChI=1S/C44H52N4O2/c1-10-25-27(12-3)37-23-39-29(14-5)31(16-7)42(47-39)41(33-20-18-19-21-34(33)44(49)50-9)43-32(17-8)30(15-6)40(48-43)24-38-28(13-4)26(11-2)36(46-38)22-35(25)45-37/h18-24,45,48H,10-17H2,1-9H3. The molecular formula is C44H52N4O2. The molecule has 3 aromatic heterocycles. The van der Waals surface area contributed by atoms with Gasteiger partial charge in [-0.2, -0.15) is 0 Å². The Hall–Kier alpha value is -4.71. The lowest BCUT2D eigenvalue weighted by atomic mass is 9.91. The Labute approximate surface area is 297 Å². The van der Waals surface area contributed by atoms with E-state index in [-0.39, 0.29) is 5.97 Å². The lowest BCUT2D eigenvalue weighted by molar-refractivity contribution is 0.0601. The number of aromatic amines is 2. The van der Waals surface area contributed by atoms with Gasteiger partial charge in [-0.05, 0) is 120 Å². The predicted molar refractivity (Wildman–Crippen MR) is 210 cm³/mol. The minimum atomic E-state index is -0.359. The molecule has 4 aromatic rings. The van der Waals surface area contributed by atoms with Gasteiger partial charge in [0.15, 0.2) is 0 Å². The van der Waals surface area contributed by atoms with Crippen molar-refractivity contribution in [1.29, 1.82) is 0 Å². The Morgan fingerprint density at radius 2 is 1.04 bits per heavy atom. The maximum Gasteiger partial charge on any atom is 0.338 e. The van der Waals surface area contributed by atoms with E-state index in [4.69, 9.17) is 14.7 Å². The van der Waals surface area contributed by atoms with E-state index in [9.17, 15) is 4.79 Å². The van der Waals surface area contributed by atoms with Gasteiger partial charge in [-0.15, -0.1) is 0 Å². The van der Waals surface area contributed by atoms with Gasteiger partial charge in [0.2, 0.25) is 0 Å². The van der Waals surface area contributed by atoms with Gasteiger partial charge in [-0.1, -0.05) is 73.6 Å². The Balaban J connectivity index is 1.95. The summed E-state index contributed by atoms with van der Waals surface area (Å²) in [6.07, 6.45) is 7.00. The molecule has 2 N–H and O–H groups in total. The molecule has 0 radical (unpaired) electrons. The fourth-order valence-electron chi connectivity index (χ4n) is 8.44. The number of hydrogen-bond donors (Lipinski definition) is 2. The first kappa shape index (κ1) is 35.1. The van der Waals surface area contributed by atoms with E-state index < -0.39 is 0 Å². The van der Waals surface area contributed by atoms with Gasteiger partial charge < -0.3 is 14.7 Å². The Bertz CT molecular complexity index is 2210. The van der Waals surface area contributed by atoms with Gasteiger partial charge in [-0.25, -0.2) is 14.8 Å². The van der Waals surface area contributed by atoms with Crippen molar-refractivity contribution in [2.75, 3.05) is 7.11 Å². The number of rotatable bonds is 10. The quantitative estimate of drug-likeness (QED) is 0.165. The number of ether oxygens (including phenoxy) is 1. The highest BCUT2D eigenvalue weighted by Gasteiger charge is 2.27. The number of carbonyl (C=O) groups excluding carboxylic acids is 1. The first-order valence-corrected chi connectivity index (χ1v) is 18.8. The average Bonchev–Trinajstić information content (AvgIpc) is 3.87. The summed E-state index contributed by atoms with van der Waals surface area (Å²) in [7, 11) is 1.45. The molecule has 0 spiro atoms. The molecular weight excluding hydrogens is 617 g/mol. The summed E-state index contributed by atoms with van der Waals surface area (Å²) in [4.78, 5) is 32.1. The second kappa shape index (κ2) is 14.6. The third-order valence-electron chi connectivity index (χ3n) is 10.7. The number of benzene rings is 1. The zero-order valence-corrected chi connectivity index (χ0v) is 31.4. The first-order chi connectivity index (χ1) is 24.3. The van der Waals surface area contributed by atoms with Gasteiger partial charge in [0, 0.05) is 27.7 Å². The summed E-state index contributed by atoms with van der Waals surface area (Å²) < 4.78 is 5.35. The third kappa shape index (κ3) is 5.73. The number of methoxy groups -OCH3 is 1. The van der Waals surface area contributed by atoms with Crippen LogP contribution in [-0.2, 0) is 30.4 Å². The Morgan fingerprint density at radius 1 is 0.580 bits per heavy atom. The number of carbonyl (C=O) groups is 1. The second-order valence-corrected chi connectivity index (χ2v) is 13.1. The van der Waals surface area contributed by atoms with Crippen LogP contribution in [-0.4, -0.2) is 33.0 Å². The molecule has 1 aromatic carbocycles. The summed E-state index contributed by atoms with van der Waals surface area (Å²) in [6.45, 7) is 17.8. The van der Waals surface area contributed by atoms with Gasteiger partial charge in [0.25, 0.3) is 0 Å². The number of allylic oxidation sites excluding steroid dienone is 4. The van der Waals surface area contributed by atoms with Crippen LogP contribution in [0.25, 0.3) is 55.5 Å². The van der Waals surface area contributed by atoms with Crippen LogP contribution >= 0.6 is 0 Å². The highest BCUT2D eigenvalue weighted by Crippen LogP contribution is 2.44. The van der Waals surface area contributed by atoms with E-state index in [1.54, 1.807) is 0 Å². The normalized spacial score (nSPS) is 13.1. The summed E-state index contributed by atoms with van der Waals surface area (Å²) in [6, 6.07) is 14.6. The van der Waals surface area contributed by atoms with E-state index in [0.717, 1.165) is 107 Å². The Morgan fingerprint density at radius 3 is 1.54 bits per heavy atom. The smallest absolute Gasteiger partial charge is 0.338 e. The van der Waals surface area contributed by atoms with Gasteiger partial charge in [0.1, 0.15) is 0 Å². The third-order valence-corrected chi connectivity index (χ3v) is 10.7. The minimum Gasteiger partial charge on any atom is -0.465 e. The van der Waals surface area contributed by atoms with Crippen LogP contribution in [0.1, 0.15) is 136 Å². The number of aryl methyl sites for hydroxylation is 4. The van der Waals surface area contributed by atoms with E-state index in [1.165, 1.54) is 51.7 Å². The molecule has 0 atom stereocenters. The molecule has 5 heterocycles. The summed E-state index contributed by atoms with van der Waals surface area (Å²) in [5.74, 6) is -0.359. The fraction of sp³-hybridized carbons (Fsp3) is 0.386. The SMILES string of the molecule is CCC1=C(CC)c2cc3[nH]c(c(CC)c3CC)c(-c3ccccc3C(=O)OC)c3nc(cc4[nH]c(cc1n2)c(CC)c4CC)C(CC)=C3CC. The van der Waals surface area contributed by atoms with Crippen LogP contribution in [0.5, 0.6) is 0 Å². The van der Waals surface area contributed by atoms with E-state index in [2.05, 4.69) is 83.6 Å². The maximum absolute atomic E-state index is 13.4. The maximum atomic E-state index is 13.4. The largest absolute Gasteiger partial charge is 0.465 e. The lowest BCUT2D eigenvalue weighted by Crippen LogP contribution is -2.04.